The van der Waals surface area contributed by atoms with Gasteiger partial charge in [0.1, 0.15) is 12.6 Å². The topological polar surface area (TPSA) is 125 Å². The van der Waals surface area contributed by atoms with Crippen LogP contribution < -0.4 is 15.5 Å². The van der Waals surface area contributed by atoms with Gasteiger partial charge in [0.25, 0.3) is 11.8 Å². The maximum absolute atomic E-state index is 12.8. The number of hydrogen-bond acceptors (Lipinski definition) is 6. The van der Waals surface area contributed by atoms with E-state index in [9.17, 15) is 24.0 Å². The van der Waals surface area contributed by atoms with Gasteiger partial charge in [0.2, 0.25) is 5.91 Å². The number of amides is 5. The number of nitrogens with one attached hydrogen (secondary N) is 2. The molecule has 2 aliphatic heterocycles. The summed E-state index contributed by atoms with van der Waals surface area (Å²) in [6.07, 6.45) is -0.0466. The molecule has 10 heteroatoms. The van der Waals surface area contributed by atoms with Crippen LogP contribution in [0.25, 0.3) is 0 Å². The molecule has 0 aromatic heterocycles. The first-order valence-corrected chi connectivity index (χ1v) is 8.82. The number of benzene rings is 1. The Morgan fingerprint density at radius 1 is 1.11 bits per heavy atom. The van der Waals surface area contributed by atoms with Gasteiger partial charge in [-0.05, 0) is 18.1 Å². The third-order valence-electron chi connectivity index (χ3n) is 4.40. The van der Waals surface area contributed by atoms with Crippen LogP contribution in [0.5, 0.6) is 0 Å². The van der Waals surface area contributed by atoms with E-state index in [0.717, 1.165) is 0 Å². The Morgan fingerprint density at radius 3 is 2.39 bits per heavy atom. The van der Waals surface area contributed by atoms with Gasteiger partial charge in [-0.2, -0.15) is 0 Å². The van der Waals surface area contributed by atoms with Crippen molar-refractivity contribution in [2.45, 2.75) is 32.7 Å². The van der Waals surface area contributed by atoms with E-state index in [4.69, 9.17) is 4.84 Å². The van der Waals surface area contributed by atoms with Crippen molar-refractivity contribution in [1.29, 1.82) is 0 Å². The first-order chi connectivity index (χ1) is 13.3. The molecule has 1 aromatic carbocycles. The number of fused-ring (bicyclic) bond motifs is 1. The predicted molar refractivity (Wildman–Crippen MR) is 96.8 cm³/mol. The fourth-order valence-electron chi connectivity index (χ4n) is 2.93. The summed E-state index contributed by atoms with van der Waals surface area (Å²) < 4.78 is 0. The zero-order valence-corrected chi connectivity index (χ0v) is 15.4. The smallest absolute Gasteiger partial charge is 0.328 e. The number of nitrogens with zero attached hydrogens (tertiary/aromatic N) is 2. The quantitative estimate of drug-likeness (QED) is 0.735. The Kier molecular flexibility index (Phi) is 5.30. The average molecular weight is 388 g/mol. The summed E-state index contributed by atoms with van der Waals surface area (Å²) in [6.45, 7) is 3.14. The molecule has 3 rings (SSSR count). The van der Waals surface area contributed by atoms with Gasteiger partial charge in [0.05, 0.1) is 11.4 Å². The summed E-state index contributed by atoms with van der Waals surface area (Å²) >= 11 is 0. The van der Waals surface area contributed by atoms with Crippen LogP contribution in [-0.2, 0) is 24.0 Å². The molecule has 2 heterocycles. The first kappa shape index (κ1) is 19.3. The van der Waals surface area contributed by atoms with E-state index in [1.165, 1.54) is 4.90 Å². The van der Waals surface area contributed by atoms with Crippen LogP contribution in [-0.4, -0.2) is 47.4 Å². The molecular formula is C18H20N4O6. The highest BCUT2D eigenvalue weighted by molar-refractivity contribution is 6.10. The summed E-state index contributed by atoms with van der Waals surface area (Å²) in [6, 6.07) is 4.97. The maximum Gasteiger partial charge on any atom is 0.355 e. The van der Waals surface area contributed by atoms with Crippen molar-refractivity contribution in [2.24, 2.45) is 5.92 Å². The molecule has 2 aliphatic rings. The van der Waals surface area contributed by atoms with Crippen LogP contribution in [0.4, 0.5) is 16.2 Å². The second-order valence-electron chi connectivity index (χ2n) is 6.81. The molecule has 1 saturated heterocycles. The van der Waals surface area contributed by atoms with E-state index < -0.39 is 35.8 Å². The van der Waals surface area contributed by atoms with Crippen molar-refractivity contribution in [3.63, 3.8) is 0 Å². The number of urea groups is 1. The average Bonchev–Trinajstić information content (AvgIpc) is 2.96. The van der Waals surface area contributed by atoms with E-state index in [0.29, 0.717) is 16.4 Å². The van der Waals surface area contributed by atoms with Crippen LogP contribution in [0.15, 0.2) is 24.3 Å². The Hall–Kier alpha value is -3.43. The van der Waals surface area contributed by atoms with Crippen LogP contribution in [0.2, 0.25) is 0 Å². The summed E-state index contributed by atoms with van der Waals surface area (Å²) in [5, 5.41) is 5.64. The van der Waals surface area contributed by atoms with Gasteiger partial charge in [-0.25, -0.2) is 9.59 Å². The number of rotatable bonds is 4. The number of carbonyl (C=O) groups is 5. The van der Waals surface area contributed by atoms with Crippen LogP contribution in [0.1, 0.15) is 26.7 Å². The SMILES string of the molecule is CC(C)C(NC(=O)N1CC(=O)Nc2ccccc21)C(=O)ON1C(=O)CCC1=O. The fraction of sp³-hybridized carbons (Fsp3) is 0.389. The second kappa shape index (κ2) is 7.67. The number of hydrogen-bond donors (Lipinski definition) is 2. The molecule has 0 radical (unpaired) electrons. The van der Waals surface area contributed by atoms with Crippen LogP contribution >= 0.6 is 0 Å². The van der Waals surface area contributed by atoms with Crippen molar-refractivity contribution in [3.05, 3.63) is 24.3 Å². The lowest BCUT2D eigenvalue weighted by atomic mass is 10.1. The Balaban J connectivity index is 1.75. The predicted octanol–water partition coefficient (Wildman–Crippen LogP) is 0.786. The standard InChI is InChI=1S/C18H20N4O6/c1-10(2)16(17(26)28-22-14(24)7-8-15(22)25)20-18(27)21-9-13(23)19-11-5-3-4-6-12(11)21/h3-6,10,16H,7-9H2,1-2H3,(H,19,23)(H,20,27). The monoisotopic (exact) mass is 388 g/mol. The molecule has 0 spiro atoms. The number of anilines is 2. The van der Waals surface area contributed by atoms with Gasteiger partial charge >= 0.3 is 12.0 Å². The minimum atomic E-state index is -1.12. The lowest BCUT2D eigenvalue weighted by molar-refractivity contribution is -0.199. The lowest BCUT2D eigenvalue weighted by Crippen LogP contribution is -2.54. The number of imide groups is 1. The molecule has 0 bridgehead atoms. The van der Waals surface area contributed by atoms with E-state index >= 15 is 0 Å². The highest BCUT2D eigenvalue weighted by atomic mass is 16.7. The van der Waals surface area contributed by atoms with Crippen molar-refractivity contribution in [3.8, 4) is 0 Å². The molecule has 1 unspecified atom stereocenters. The van der Waals surface area contributed by atoms with Gasteiger partial charge in [0.15, 0.2) is 0 Å². The van der Waals surface area contributed by atoms with Crippen molar-refractivity contribution >= 4 is 41.1 Å². The molecule has 1 aromatic rings. The summed E-state index contributed by atoms with van der Waals surface area (Å²) in [5.74, 6) is -2.90. The highest BCUT2D eigenvalue weighted by Gasteiger charge is 2.37. The third kappa shape index (κ3) is 3.80. The van der Waals surface area contributed by atoms with E-state index in [1.807, 2.05) is 0 Å². The number of para-hydroxylation sites is 2. The number of hydroxylamine groups is 2. The molecule has 0 aliphatic carbocycles. The Morgan fingerprint density at radius 2 is 1.75 bits per heavy atom. The van der Waals surface area contributed by atoms with Crippen molar-refractivity contribution < 1.29 is 28.8 Å². The summed E-state index contributed by atoms with van der Waals surface area (Å²) in [5.41, 5.74) is 0.964. The normalized spacial score (nSPS) is 17.3. The number of carbonyl (C=O) groups excluding carboxylic acids is 5. The van der Waals surface area contributed by atoms with E-state index in [2.05, 4.69) is 10.6 Å². The van der Waals surface area contributed by atoms with E-state index in [-0.39, 0.29) is 25.3 Å². The molecule has 5 amide bonds. The molecule has 2 N–H and O–H groups in total. The molecule has 1 fully saturated rings. The van der Waals surface area contributed by atoms with Gasteiger partial charge in [-0.3, -0.25) is 19.3 Å². The zero-order valence-electron chi connectivity index (χ0n) is 15.4. The highest BCUT2D eigenvalue weighted by Crippen LogP contribution is 2.29. The maximum atomic E-state index is 12.8. The Bertz CT molecular complexity index is 836. The Labute approximate surface area is 160 Å². The van der Waals surface area contributed by atoms with Gasteiger partial charge in [-0.15, -0.1) is 5.06 Å². The van der Waals surface area contributed by atoms with Gasteiger partial charge in [0, 0.05) is 12.8 Å². The summed E-state index contributed by atoms with van der Waals surface area (Å²) in [4.78, 5) is 66.6. The van der Waals surface area contributed by atoms with Crippen LogP contribution in [0.3, 0.4) is 0 Å². The molecule has 28 heavy (non-hydrogen) atoms. The summed E-state index contributed by atoms with van der Waals surface area (Å²) in [7, 11) is 0. The van der Waals surface area contributed by atoms with Crippen molar-refractivity contribution in [2.75, 3.05) is 16.8 Å². The molecule has 148 valence electrons. The molecule has 0 saturated carbocycles. The van der Waals surface area contributed by atoms with Gasteiger partial charge in [-0.1, -0.05) is 26.0 Å². The van der Waals surface area contributed by atoms with Crippen molar-refractivity contribution in [1.82, 2.24) is 10.4 Å². The second-order valence-corrected chi connectivity index (χ2v) is 6.81. The minimum absolute atomic E-state index is 0.0233. The lowest BCUT2D eigenvalue weighted by Gasteiger charge is -2.31. The molecule has 10 nitrogen and oxygen atoms in total. The zero-order chi connectivity index (χ0) is 20.4. The molecule has 1 atom stereocenters. The van der Waals surface area contributed by atoms with E-state index in [1.54, 1.807) is 38.1 Å². The van der Waals surface area contributed by atoms with Gasteiger partial charge < -0.3 is 15.5 Å². The largest absolute Gasteiger partial charge is 0.355 e. The molecular weight excluding hydrogens is 368 g/mol. The first-order valence-electron chi connectivity index (χ1n) is 8.82. The fourth-order valence-corrected chi connectivity index (χ4v) is 2.93. The minimum Gasteiger partial charge on any atom is -0.328 e. The third-order valence-corrected chi connectivity index (χ3v) is 4.40. The van der Waals surface area contributed by atoms with Crippen LogP contribution in [0, 0.1) is 5.92 Å².